The van der Waals surface area contributed by atoms with Crippen molar-refractivity contribution in [2.75, 3.05) is 19.6 Å². The van der Waals surface area contributed by atoms with Gasteiger partial charge in [0.25, 0.3) is 0 Å². The number of hydrogen-bond acceptors (Lipinski definition) is 3. The van der Waals surface area contributed by atoms with E-state index in [4.69, 9.17) is 5.73 Å². The van der Waals surface area contributed by atoms with E-state index in [9.17, 15) is 0 Å². The molecule has 3 nitrogen and oxygen atoms in total. The van der Waals surface area contributed by atoms with E-state index in [1.807, 2.05) is 0 Å². The van der Waals surface area contributed by atoms with Gasteiger partial charge in [0, 0.05) is 25.2 Å². The number of hydrogen-bond donors (Lipinski definition) is 2. The molecule has 0 aromatic heterocycles. The van der Waals surface area contributed by atoms with E-state index in [2.05, 4.69) is 17.4 Å². The van der Waals surface area contributed by atoms with Crippen molar-refractivity contribution in [1.82, 2.24) is 10.4 Å². The minimum Gasteiger partial charge on any atom is -0.329 e. The van der Waals surface area contributed by atoms with Gasteiger partial charge in [-0.1, -0.05) is 32.6 Å². The Balaban J connectivity index is 1.92. The Hall–Kier alpha value is -0.120. The fourth-order valence-electron chi connectivity index (χ4n) is 3.51. The average molecular weight is 239 g/mol. The molecule has 1 aliphatic heterocycles. The Kier molecular flexibility index (Phi) is 4.83. The van der Waals surface area contributed by atoms with Gasteiger partial charge >= 0.3 is 0 Å². The van der Waals surface area contributed by atoms with Crippen LogP contribution in [0.15, 0.2) is 0 Å². The number of rotatable bonds is 4. The van der Waals surface area contributed by atoms with Crippen molar-refractivity contribution >= 4 is 0 Å². The molecule has 2 atom stereocenters. The average Bonchev–Trinajstić information content (AvgIpc) is 2.40. The van der Waals surface area contributed by atoms with Crippen molar-refractivity contribution in [1.29, 1.82) is 0 Å². The zero-order valence-corrected chi connectivity index (χ0v) is 11.4. The quantitative estimate of drug-likeness (QED) is 0.791. The molecule has 2 rings (SSSR count). The summed E-state index contributed by atoms with van der Waals surface area (Å²) in [5.41, 5.74) is 10.1. The van der Waals surface area contributed by atoms with Crippen LogP contribution in [0.1, 0.15) is 58.3 Å². The van der Waals surface area contributed by atoms with E-state index in [0.717, 1.165) is 12.5 Å². The Morgan fingerprint density at radius 1 is 1.24 bits per heavy atom. The molecule has 2 aliphatic rings. The Bertz CT molecular complexity index is 226. The van der Waals surface area contributed by atoms with Gasteiger partial charge in [0.1, 0.15) is 0 Å². The van der Waals surface area contributed by atoms with E-state index in [1.165, 1.54) is 64.5 Å². The zero-order chi connectivity index (χ0) is 12.1. The molecule has 1 aliphatic carbocycles. The lowest BCUT2D eigenvalue weighted by Gasteiger charge is -2.45. The highest BCUT2D eigenvalue weighted by Gasteiger charge is 2.36. The van der Waals surface area contributed by atoms with E-state index in [1.54, 1.807) is 0 Å². The first-order valence-corrected chi connectivity index (χ1v) is 7.51. The second kappa shape index (κ2) is 6.17. The van der Waals surface area contributed by atoms with Crippen LogP contribution >= 0.6 is 0 Å². The van der Waals surface area contributed by atoms with Crippen LogP contribution in [-0.4, -0.2) is 30.2 Å². The molecular weight excluding hydrogens is 210 g/mol. The summed E-state index contributed by atoms with van der Waals surface area (Å²) in [5.74, 6) is 0.879. The fraction of sp³-hybridized carbons (Fsp3) is 1.00. The molecule has 0 bridgehead atoms. The minimum atomic E-state index is 0.205. The first kappa shape index (κ1) is 13.3. The van der Waals surface area contributed by atoms with Gasteiger partial charge < -0.3 is 5.73 Å². The molecule has 2 fully saturated rings. The molecule has 0 radical (unpaired) electrons. The second-order valence-electron chi connectivity index (χ2n) is 6.01. The maximum Gasteiger partial charge on any atom is 0.0450 e. The molecule has 100 valence electrons. The van der Waals surface area contributed by atoms with E-state index in [-0.39, 0.29) is 5.54 Å². The van der Waals surface area contributed by atoms with E-state index < -0.39 is 0 Å². The molecule has 17 heavy (non-hydrogen) atoms. The van der Waals surface area contributed by atoms with Gasteiger partial charge in [-0.2, -0.15) is 0 Å². The molecule has 0 aromatic rings. The largest absolute Gasteiger partial charge is 0.329 e. The third-order valence-corrected chi connectivity index (χ3v) is 4.67. The summed E-state index contributed by atoms with van der Waals surface area (Å²) in [5, 5.41) is 2.44. The van der Waals surface area contributed by atoms with Gasteiger partial charge in [0.2, 0.25) is 0 Å². The van der Waals surface area contributed by atoms with Gasteiger partial charge in [-0.25, -0.2) is 10.4 Å². The fourth-order valence-corrected chi connectivity index (χ4v) is 3.51. The van der Waals surface area contributed by atoms with Crippen LogP contribution < -0.4 is 11.2 Å². The molecule has 0 spiro atoms. The smallest absolute Gasteiger partial charge is 0.0450 e. The third-order valence-electron chi connectivity index (χ3n) is 4.67. The van der Waals surface area contributed by atoms with Crippen molar-refractivity contribution < 1.29 is 0 Å². The maximum absolute atomic E-state index is 6.08. The number of hydrazine groups is 1. The monoisotopic (exact) mass is 239 g/mol. The van der Waals surface area contributed by atoms with Crippen LogP contribution in [0.3, 0.4) is 0 Å². The highest BCUT2D eigenvalue weighted by molar-refractivity contribution is 4.93. The minimum absolute atomic E-state index is 0.205. The van der Waals surface area contributed by atoms with Gasteiger partial charge in [0.05, 0.1) is 0 Å². The predicted molar refractivity (Wildman–Crippen MR) is 72.6 cm³/mol. The Morgan fingerprint density at radius 3 is 2.65 bits per heavy atom. The summed E-state index contributed by atoms with van der Waals surface area (Å²) >= 11 is 0. The standard InChI is InChI=1S/C14H29N3/c1-2-13-7-6-8-14(11-13,12-15)16-17-9-4-3-5-10-17/h13,16H,2-12,15H2,1H3. The summed E-state index contributed by atoms with van der Waals surface area (Å²) in [6.07, 6.45) is 10.7. The van der Waals surface area contributed by atoms with Crippen molar-refractivity contribution in [3.63, 3.8) is 0 Å². The Labute approximate surface area is 106 Å². The number of nitrogens with zero attached hydrogens (tertiary/aromatic N) is 1. The van der Waals surface area contributed by atoms with Crippen molar-refractivity contribution in [3.05, 3.63) is 0 Å². The van der Waals surface area contributed by atoms with E-state index >= 15 is 0 Å². The second-order valence-corrected chi connectivity index (χ2v) is 6.01. The van der Waals surface area contributed by atoms with Crippen LogP contribution in [0.2, 0.25) is 0 Å². The lowest BCUT2D eigenvalue weighted by molar-refractivity contribution is 0.0469. The van der Waals surface area contributed by atoms with Crippen LogP contribution in [0.25, 0.3) is 0 Å². The van der Waals surface area contributed by atoms with Crippen LogP contribution in [0.5, 0.6) is 0 Å². The molecule has 3 heteroatoms. The SMILES string of the molecule is CCC1CCCC(CN)(NN2CCCCC2)C1. The van der Waals surface area contributed by atoms with Crippen LogP contribution in [0.4, 0.5) is 0 Å². The highest BCUT2D eigenvalue weighted by atomic mass is 15.5. The summed E-state index contributed by atoms with van der Waals surface area (Å²) in [4.78, 5) is 0. The van der Waals surface area contributed by atoms with Gasteiger partial charge in [-0.15, -0.1) is 0 Å². The normalized spacial score (nSPS) is 36.0. The Morgan fingerprint density at radius 2 is 2.00 bits per heavy atom. The van der Waals surface area contributed by atoms with Crippen molar-refractivity contribution in [2.24, 2.45) is 11.7 Å². The van der Waals surface area contributed by atoms with Gasteiger partial charge in [-0.3, -0.25) is 0 Å². The lowest BCUT2D eigenvalue weighted by atomic mass is 9.75. The van der Waals surface area contributed by atoms with E-state index in [0.29, 0.717) is 0 Å². The van der Waals surface area contributed by atoms with Gasteiger partial charge in [-0.05, 0) is 31.6 Å². The molecule has 1 saturated heterocycles. The number of nitrogens with one attached hydrogen (secondary N) is 1. The zero-order valence-electron chi connectivity index (χ0n) is 11.4. The molecule has 3 N–H and O–H groups in total. The van der Waals surface area contributed by atoms with Crippen LogP contribution in [-0.2, 0) is 0 Å². The molecule has 1 saturated carbocycles. The first-order valence-electron chi connectivity index (χ1n) is 7.51. The molecule has 1 heterocycles. The summed E-state index contributed by atoms with van der Waals surface area (Å²) < 4.78 is 0. The maximum atomic E-state index is 6.08. The lowest BCUT2D eigenvalue weighted by Crippen LogP contribution is -2.61. The van der Waals surface area contributed by atoms with Crippen LogP contribution in [0, 0.1) is 5.92 Å². The van der Waals surface area contributed by atoms with Crippen molar-refractivity contribution in [3.8, 4) is 0 Å². The molecule has 0 aromatic carbocycles. The molecule has 0 amide bonds. The summed E-state index contributed by atoms with van der Waals surface area (Å²) in [6.45, 7) is 5.52. The number of piperidine rings is 1. The first-order chi connectivity index (χ1) is 8.28. The topological polar surface area (TPSA) is 41.3 Å². The molecule has 2 unspecified atom stereocenters. The molecular formula is C14H29N3. The number of nitrogens with two attached hydrogens (primary N) is 1. The van der Waals surface area contributed by atoms with Crippen molar-refractivity contribution in [2.45, 2.75) is 63.8 Å². The predicted octanol–water partition coefficient (Wildman–Crippen LogP) is 2.27. The third kappa shape index (κ3) is 3.43. The summed E-state index contributed by atoms with van der Waals surface area (Å²) in [6, 6.07) is 0. The summed E-state index contributed by atoms with van der Waals surface area (Å²) in [7, 11) is 0. The highest BCUT2D eigenvalue weighted by Crippen LogP contribution is 2.34. The van der Waals surface area contributed by atoms with Gasteiger partial charge in [0.15, 0.2) is 0 Å².